The maximum Gasteiger partial charge on any atom is 0.265 e. The molecular weight excluding hydrogens is 340 g/mol. The van der Waals surface area contributed by atoms with Gasteiger partial charge in [0.05, 0.1) is 22.9 Å². The normalized spacial score (nSPS) is 14.0. The third kappa shape index (κ3) is 3.07. The summed E-state index contributed by atoms with van der Waals surface area (Å²) in [6, 6.07) is 10.2. The van der Waals surface area contributed by atoms with Crippen molar-refractivity contribution in [1.29, 1.82) is 0 Å². The molecule has 0 spiro atoms. The number of fused-ring (bicyclic) bond motifs is 1. The van der Waals surface area contributed by atoms with E-state index in [9.17, 15) is 13.2 Å². The van der Waals surface area contributed by atoms with Crippen LogP contribution in [0, 0.1) is 13.8 Å². The molecule has 0 atom stereocenters. The number of nitrogens with zero attached hydrogens (tertiary/aromatic N) is 1. The van der Waals surface area contributed by atoms with Crippen LogP contribution >= 0.6 is 0 Å². The van der Waals surface area contributed by atoms with E-state index in [0.717, 1.165) is 9.87 Å². The van der Waals surface area contributed by atoms with Crippen molar-refractivity contribution >= 4 is 27.3 Å². The maximum atomic E-state index is 13.2. The van der Waals surface area contributed by atoms with E-state index >= 15 is 0 Å². The molecule has 132 valence electrons. The molecule has 2 aromatic rings. The second-order valence-corrected chi connectivity index (χ2v) is 7.72. The van der Waals surface area contributed by atoms with Gasteiger partial charge in [-0.1, -0.05) is 12.1 Å². The second-order valence-electron chi connectivity index (χ2n) is 5.89. The Balaban J connectivity index is 2.12. The molecule has 0 saturated heterocycles. The lowest BCUT2D eigenvalue weighted by Crippen LogP contribution is -2.42. The number of sulfonamides is 1. The van der Waals surface area contributed by atoms with E-state index < -0.39 is 10.0 Å². The van der Waals surface area contributed by atoms with Crippen molar-refractivity contribution in [2.24, 2.45) is 0 Å². The van der Waals surface area contributed by atoms with E-state index in [2.05, 4.69) is 5.32 Å². The van der Waals surface area contributed by atoms with E-state index in [4.69, 9.17) is 4.74 Å². The Morgan fingerprint density at radius 1 is 1.16 bits per heavy atom. The van der Waals surface area contributed by atoms with Crippen molar-refractivity contribution in [3.05, 3.63) is 47.5 Å². The quantitative estimate of drug-likeness (QED) is 0.910. The second kappa shape index (κ2) is 6.40. The van der Waals surface area contributed by atoms with Crippen LogP contribution in [0.3, 0.4) is 0 Å². The predicted molar refractivity (Wildman–Crippen MR) is 96.7 cm³/mol. The SMILES string of the molecule is CCOc1cc(C)c(S(=O)(=O)N2CC(=O)Nc3ccccc32)cc1C. The number of ether oxygens (including phenoxy) is 1. The molecular formula is C18H20N2O4S. The molecule has 1 heterocycles. The van der Waals surface area contributed by atoms with Crippen LogP contribution in [0.15, 0.2) is 41.3 Å². The molecule has 7 heteroatoms. The summed E-state index contributed by atoms with van der Waals surface area (Å²) in [6.07, 6.45) is 0. The van der Waals surface area contributed by atoms with Crippen molar-refractivity contribution < 1.29 is 17.9 Å². The molecule has 1 aliphatic heterocycles. The van der Waals surface area contributed by atoms with Gasteiger partial charge in [0.25, 0.3) is 10.0 Å². The zero-order valence-corrected chi connectivity index (χ0v) is 15.2. The fourth-order valence-corrected chi connectivity index (χ4v) is 4.62. The lowest BCUT2D eigenvalue weighted by Gasteiger charge is -2.30. The molecule has 1 N–H and O–H groups in total. The van der Waals surface area contributed by atoms with Gasteiger partial charge in [0.1, 0.15) is 12.3 Å². The highest BCUT2D eigenvalue weighted by Crippen LogP contribution is 2.35. The van der Waals surface area contributed by atoms with Gasteiger partial charge in [0.2, 0.25) is 5.91 Å². The van der Waals surface area contributed by atoms with E-state index in [1.165, 1.54) is 0 Å². The molecule has 0 radical (unpaired) electrons. The zero-order chi connectivity index (χ0) is 18.2. The minimum atomic E-state index is -3.88. The Kier molecular flexibility index (Phi) is 4.43. The first-order valence-corrected chi connectivity index (χ1v) is 9.44. The monoisotopic (exact) mass is 360 g/mol. The molecule has 0 saturated carbocycles. The summed E-state index contributed by atoms with van der Waals surface area (Å²) in [7, 11) is -3.88. The van der Waals surface area contributed by atoms with Gasteiger partial charge in [-0.3, -0.25) is 9.10 Å². The smallest absolute Gasteiger partial charge is 0.265 e. The van der Waals surface area contributed by atoms with Crippen LogP contribution in [0.4, 0.5) is 11.4 Å². The highest BCUT2D eigenvalue weighted by atomic mass is 32.2. The van der Waals surface area contributed by atoms with Crippen molar-refractivity contribution in [1.82, 2.24) is 0 Å². The van der Waals surface area contributed by atoms with Gasteiger partial charge in [-0.2, -0.15) is 0 Å². The maximum absolute atomic E-state index is 13.2. The van der Waals surface area contributed by atoms with Crippen LogP contribution in [0.1, 0.15) is 18.1 Å². The van der Waals surface area contributed by atoms with E-state index in [0.29, 0.717) is 29.3 Å². The number of nitrogens with one attached hydrogen (secondary N) is 1. The predicted octanol–water partition coefficient (Wildman–Crippen LogP) is 2.85. The summed E-state index contributed by atoms with van der Waals surface area (Å²) >= 11 is 0. The number of hydrogen-bond donors (Lipinski definition) is 1. The van der Waals surface area contributed by atoms with E-state index in [-0.39, 0.29) is 17.3 Å². The number of para-hydroxylation sites is 2. The number of anilines is 2. The molecule has 25 heavy (non-hydrogen) atoms. The first-order chi connectivity index (χ1) is 11.8. The van der Waals surface area contributed by atoms with Gasteiger partial charge >= 0.3 is 0 Å². The summed E-state index contributed by atoms with van der Waals surface area (Å²) in [5, 5.41) is 2.70. The zero-order valence-electron chi connectivity index (χ0n) is 14.4. The third-order valence-corrected chi connectivity index (χ3v) is 5.98. The average Bonchev–Trinajstić information content (AvgIpc) is 2.57. The van der Waals surface area contributed by atoms with Crippen molar-refractivity contribution in [3.8, 4) is 5.75 Å². The minimum Gasteiger partial charge on any atom is -0.494 e. The average molecular weight is 360 g/mol. The first-order valence-electron chi connectivity index (χ1n) is 8.00. The van der Waals surface area contributed by atoms with E-state index in [1.807, 2.05) is 6.92 Å². The molecule has 0 aliphatic carbocycles. The summed E-state index contributed by atoms with van der Waals surface area (Å²) in [6.45, 7) is 5.67. The lowest BCUT2D eigenvalue weighted by atomic mass is 10.1. The van der Waals surface area contributed by atoms with Crippen LogP contribution in [0.25, 0.3) is 0 Å². The van der Waals surface area contributed by atoms with E-state index in [1.54, 1.807) is 50.2 Å². The number of benzene rings is 2. The van der Waals surface area contributed by atoms with Crippen LogP contribution in [-0.2, 0) is 14.8 Å². The summed E-state index contributed by atoms with van der Waals surface area (Å²) in [5.74, 6) is 0.304. The number of hydrogen-bond acceptors (Lipinski definition) is 4. The van der Waals surface area contributed by atoms with Crippen LogP contribution in [-0.4, -0.2) is 27.5 Å². The first kappa shape index (κ1) is 17.3. The van der Waals surface area contributed by atoms with Crippen LogP contribution < -0.4 is 14.4 Å². The molecule has 1 aliphatic rings. The molecule has 6 nitrogen and oxygen atoms in total. The topological polar surface area (TPSA) is 75.7 Å². The van der Waals surface area contributed by atoms with Gasteiger partial charge < -0.3 is 10.1 Å². The van der Waals surface area contributed by atoms with Crippen molar-refractivity contribution in [2.45, 2.75) is 25.7 Å². The van der Waals surface area contributed by atoms with Crippen LogP contribution in [0.2, 0.25) is 0 Å². The molecule has 0 unspecified atom stereocenters. The largest absolute Gasteiger partial charge is 0.494 e. The Hall–Kier alpha value is -2.54. The van der Waals surface area contributed by atoms with Crippen LogP contribution in [0.5, 0.6) is 5.75 Å². The van der Waals surface area contributed by atoms with Gasteiger partial charge in [-0.05, 0) is 56.2 Å². The minimum absolute atomic E-state index is 0.179. The number of carbonyl (C=O) groups is 1. The number of amides is 1. The Labute approximate surface area is 147 Å². The summed E-state index contributed by atoms with van der Waals surface area (Å²) < 4.78 is 33.2. The van der Waals surface area contributed by atoms with Gasteiger partial charge in [0.15, 0.2) is 0 Å². The molecule has 2 aromatic carbocycles. The number of carbonyl (C=O) groups excluding carboxylic acids is 1. The number of rotatable bonds is 4. The molecule has 3 rings (SSSR count). The third-order valence-electron chi connectivity index (χ3n) is 4.07. The Bertz CT molecular complexity index is 938. The molecule has 1 amide bonds. The number of aryl methyl sites for hydroxylation is 2. The van der Waals surface area contributed by atoms with Gasteiger partial charge in [-0.15, -0.1) is 0 Å². The fourth-order valence-electron chi connectivity index (χ4n) is 2.89. The lowest BCUT2D eigenvalue weighted by molar-refractivity contribution is -0.115. The Morgan fingerprint density at radius 2 is 1.88 bits per heavy atom. The molecule has 0 fully saturated rings. The highest BCUT2D eigenvalue weighted by Gasteiger charge is 2.33. The van der Waals surface area contributed by atoms with Crippen molar-refractivity contribution in [2.75, 3.05) is 22.8 Å². The highest BCUT2D eigenvalue weighted by molar-refractivity contribution is 7.93. The molecule has 0 bridgehead atoms. The van der Waals surface area contributed by atoms with Gasteiger partial charge in [0, 0.05) is 0 Å². The fraction of sp³-hybridized carbons (Fsp3) is 0.278. The standard InChI is InChI=1S/C18H20N2O4S/c1-4-24-16-9-13(3)17(10-12(16)2)25(22,23)20-11-18(21)19-14-7-5-6-8-15(14)20/h5-10H,4,11H2,1-3H3,(H,19,21). The molecule has 0 aromatic heterocycles. The van der Waals surface area contributed by atoms with Gasteiger partial charge in [-0.25, -0.2) is 8.42 Å². The Morgan fingerprint density at radius 3 is 2.60 bits per heavy atom. The summed E-state index contributed by atoms with van der Waals surface area (Å²) in [5.41, 5.74) is 2.27. The summed E-state index contributed by atoms with van der Waals surface area (Å²) in [4.78, 5) is 12.1. The van der Waals surface area contributed by atoms with Crippen molar-refractivity contribution in [3.63, 3.8) is 0 Å².